The number of nitrogens with one attached hydrogen (secondary N) is 1. The molecule has 0 amide bonds. The third kappa shape index (κ3) is 2.64. The first-order valence-electron chi connectivity index (χ1n) is 5.62. The number of aromatic nitrogens is 2. The van der Waals surface area contributed by atoms with Gasteiger partial charge in [0, 0.05) is 18.1 Å². The van der Waals surface area contributed by atoms with Crippen molar-refractivity contribution in [1.82, 2.24) is 9.97 Å². The Morgan fingerprint density at radius 2 is 1.94 bits per heavy atom. The topological polar surface area (TPSA) is 37.8 Å². The molecule has 4 heteroatoms. The van der Waals surface area contributed by atoms with Crippen molar-refractivity contribution < 1.29 is 0 Å². The minimum atomic E-state index is 0.184. The first-order valence-corrected chi connectivity index (χ1v) is 6.44. The summed E-state index contributed by atoms with van der Waals surface area (Å²) in [6, 6.07) is 6.12. The highest BCUT2D eigenvalue weighted by atomic mass is 32.1. The molecular weight excluding hydrogens is 230 g/mol. The van der Waals surface area contributed by atoms with Crippen molar-refractivity contribution >= 4 is 17.2 Å². The molecule has 0 bridgehead atoms. The zero-order valence-electron chi connectivity index (χ0n) is 10.6. The van der Waals surface area contributed by atoms with E-state index in [1.807, 2.05) is 13.1 Å². The number of hydrogen-bond acceptors (Lipinski definition) is 4. The summed E-state index contributed by atoms with van der Waals surface area (Å²) >= 11 is 1.76. The lowest BCUT2D eigenvalue weighted by molar-refractivity contribution is 0.604. The van der Waals surface area contributed by atoms with E-state index in [-0.39, 0.29) is 5.41 Å². The summed E-state index contributed by atoms with van der Waals surface area (Å²) < 4.78 is 0. The molecular formula is C13H17N3S. The summed E-state index contributed by atoms with van der Waals surface area (Å²) in [5, 5.41) is 3.03. The van der Waals surface area contributed by atoms with Crippen molar-refractivity contribution in [3.63, 3.8) is 0 Å². The zero-order valence-corrected chi connectivity index (χ0v) is 11.4. The molecule has 3 nitrogen and oxygen atoms in total. The number of thiophene rings is 1. The molecule has 0 spiro atoms. The van der Waals surface area contributed by atoms with Gasteiger partial charge in [-0.15, -0.1) is 11.3 Å². The average Bonchev–Trinajstić information content (AvgIpc) is 2.78. The monoisotopic (exact) mass is 247 g/mol. The van der Waals surface area contributed by atoms with Crippen molar-refractivity contribution in [3.05, 3.63) is 29.3 Å². The van der Waals surface area contributed by atoms with Crippen LogP contribution in [-0.2, 0) is 5.41 Å². The molecule has 0 fully saturated rings. The van der Waals surface area contributed by atoms with Crippen LogP contribution in [0.4, 0.5) is 5.82 Å². The normalized spacial score (nSPS) is 11.5. The molecule has 90 valence electrons. The summed E-state index contributed by atoms with van der Waals surface area (Å²) in [7, 11) is 1.86. The van der Waals surface area contributed by atoms with Crippen LogP contribution in [0, 0.1) is 0 Å². The highest BCUT2D eigenvalue weighted by Gasteiger charge is 2.17. The van der Waals surface area contributed by atoms with Gasteiger partial charge in [-0.3, -0.25) is 0 Å². The van der Waals surface area contributed by atoms with Crippen molar-refractivity contribution in [2.75, 3.05) is 12.4 Å². The molecule has 2 rings (SSSR count). The fourth-order valence-corrected chi connectivity index (χ4v) is 2.48. The molecule has 2 heterocycles. The Morgan fingerprint density at radius 3 is 2.53 bits per heavy atom. The molecule has 0 saturated heterocycles. The smallest absolute Gasteiger partial charge is 0.171 e. The van der Waals surface area contributed by atoms with Gasteiger partial charge in [0.15, 0.2) is 5.82 Å². The molecule has 2 aromatic heterocycles. The van der Waals surface area contributed by atoms with E-state index in [2.05, 4.69) is 48.2 Å². The van der Waals surface area contributed by atoms with Crippen LogP contribution in [0.5, 0.6) is 0 Å². The minimum absolute atomic E-state index is 0.184. The first-order chi connectivity index (χ1) is 8.00. The van der Waals surface area contributed by atoms with Gasteiger partial charge in [0.05, 0.1) is 4.88 Å². The van der Waals surface area contributed by atoms with Crippen LogP contribution < -0.4 is 5.32 Å². The fourth-order valence-electron chi connectivity index (χ4n) is 1.48. The Bertz CT molecular complexity index is 511. The first kappa shape index (κ1) is 12.0. The molecule has 0 saturated carbocycles. The van der Waals surface area contributed by atoms with E-state index in [1.165, 1.54) is 4.88 Å². The molecule has 0 atom stereocenters. The van der Waals surface area contributed by atoms with Crippen LogP contribution in [0.15, 0.2) is 24.4 Å². The summed E-state index contributed by atoms with van der Waals surface area (Å²) in [6.07, 6.45) is 1.78. The van der Waals surface area contributed by atoms with Crippen molar-refractivity contribution in [1.29, 1.82) is 0 Å². The van der Waals surface area contributed by atoms with Crippen LogP contribution in [0.25, 0.3) is 10.7 Å². The Labute approximate surface area is 106 Å². The van der Waals surface area contributed by atoms with Gasteiger partial charge < -0.3 is 5.32 Å². The van der Waals surface area contributed by atoms with Crippen LogP contribution >= 0.6 is 11.3 Å². The molecule has 17 heavy (non-hydrogen) atoms. The summed E-state index contributed by atoms with van der Waals surface area (Å²) in [4.78, 5) is 11.2. The van der Waals surface area contributed by atoms with Crippen LogP contribution in [0.3, 0.4) is 0 Å². The molecule has 0 aromatic carbocycles. The fraction of sp³-hybridized carbons (Fsp3) is 0.385. The van der Waals surface area contributed by atoms with E-state index in [1.54, 1.807) is 17.5 Å². The second-order valence-corrected chi connectivity index (χ2v) is 6.01. The van der Waals surface area contributed by atoms with E-state index in [4.69, 9.17) is 0 Å². The minimum Gasteiger partial charge on any atom is -0.373 e. The quantitative estimate of drug-likeness (QED) is 0.882. The van der Waals surface area contributed by atoms with Gasteiger partial charge in [-0.2, -0.15) is 0 Å². The van der Waals surface area contributed by atoms with E-state index >= 15 is 0 Å². The number of anilines is 1. The van der Waals surface area contributed by atoms with Crippen LogP contribution in [-0.4, -0.2) is 17.0 Å². The highest BCUT2D eigenvalue weighted by Crippen LogP contribution is 2.33. The molecule has 0 radical (unpaired) electrons. The second-order valence-electron chi connectivity index (χ2n) is 4.93. The Morgan fingerprint density at radius 1 is 1.18 bits per heavy atom. The molecule has 0 aliphatic rings. The average molecular weight is 247 g/mol. The van der Waals surface area contributed by atoms with Gasteiger partial charge in [-0.05, 0) is 23.6 Å². The molecule has 2 aromatic rings. The summed E-state index contributed by atoms with van der Waals surface area (Å²) in [6.45, 7) is 6.65. The predicted molar refractivity (Wildman–Crippen MR) is 73.6 cm³/mol. The van der Waals surface area contributed by atoms with Crippen molar-refractivity contribution in [3.8, 4) is 10.7 Å². The van der Waals surface area contributed by atoms with Gasteiger partial charge in [0.25, 0.3) is 0 Å². The van der Waals surface area contributed by atoms with E-state index < -0.39 is 0 Å². The van der Waals surface area contributed by atoms with Gasteiger partial charge in [0.2, 0.25) is 0 Å². The second kappa shape index (κ2) is 4.45. The summed E-state index contributed by atoms with van der Waals surface area (Å²) in [5.74, 6) is 1.64. The molecule has 0 unspecified atom stereocenters. The van der Waals surface area contributed by atoms with Gasteiger partial charge in [0.1, 0.15) is 5.82 Å². The highest BCUT2D eigenvalue weighted by molar-refractivity contribution is 7.15. The zero-order chi connectivity index (χ0) is 12.5. The third-order valence-corrected chi connectivity index (χ3v) is 3.98. The molecule has 0 aliphatic carbocycles. The lowest BCUT2D eigenvalue weighted by Gasteiger charge is -2.15. The Balaban J connectivity index is 2.37. The van der Waals surface area contributed by atoms with E-state index in [0.29, 0.717) is 0 Å². The standard InChI is InChI=1S/C13H17N3S/c1-13(2,3)10-6-5-9(17-10)12-15-8-7-11(14-4)16-12/h5-8H,1-4H3,(H,14,15,16). The Hall–Kier alpha value is -1.42. The number of nitrogens with zero attached hydrogens (tertiary/aromatic N) is 2. The van der Waals surface area contributed by atoms with Crippen LogP contribution in [0.1, 0.15) is 25.6 Å². The van der Waals surface area contributed by atoms with E-state index in [0.717, 1.165) is 16.5 Å². The van der Waals surface area contributed by atoms with Gasteiger partial charge in [-0.1, -0.05) is 20.8 Å². The molecule has 1 N–H and O–H groups in total. The van der Waals surface area contributed by atoms with Gasteiger partial charge in [-0.25, -0.2) is 9.97 Å². The SMILES string of the molecule is CNc1ccnc(-c2ccc(C(C)(C)C)s2)n1. The van der Waals surface area contributed by atoms with Gasteiger partial charge >= 0.3 is 0 Å². The predicted octanol–water partition coefficient (Wildman–Crippen LogP) is 3.54. The maximum Gasteiger partial charge on any atom is 0.171 e. The van der Waals surface area contributed by atoms with Crippen molar-refractivity contribution in [2.24, 2.45) is 0 Å². The Kier molecular flexibility index (Phi) is 3.15. The largest absolute Gasteiger partial charge is 0.373 e. The number of rotatable bonds is 2. The van der Waals surface area contributed by atoms with Crippen LogP contribution in [0.2, 0.25) is 0 Å². The number of hydrogen-bond donors (Lipinski definition) is 1. The van der Waals surface area contributed by atoms with Crippen molar-refractivity contribution in [2.45, 2.75) is 26.2 Å². The lowest BCUT2D eigenvalue weighted by atomic mass is 9.95. The maximum atomic E-state index is 4.45. The molecule has 0 aliphatic heterocycles. The van der Waals surface area contributed by atoms with E-state index in [9.17, 15) is 0 Å². The lowest BCUT2D eigenvalue weighted by Crippen LogP contribution is -2.07. The maximum absolute atomic E-state index is 4.45. The summed E-state index contributed by atoms with van der Waals surface area (Å²) in [5.41, 5.74) is 0.184. The third-order valence-electron chi connectivity index (χ3n) is 2.48.